The van der Waals surface area contributed by atoms with Crippen molar-refractivity contribution in [2.45, 2.75) is 44.7 Å². The van der Waals surface area contributed by atoms with E-state index in [-0.39, 0.29) is 31.6 Å². The Kier molecular flexibility index (Phi) is 8.70. The molecule has 0 bridgehead atoms. The molecule has 21 heavy (non-hydrogen) atoms. The highest BCUT2D eigenvalue weighted by Crippen LogP contribution is 2.01. The third-order valence-corrected chi connectivity index (χ3v) is 2.65. The molecule has 0 unspecified atom stereocenters. The van der Waals surface area contributed by atoms with Gasteiger partial charge in [-0.05, 0) is 19.8 Å². The average Bonchev–Trinajstić information content (AvgIpc) is 2.40. The zero-order valence-electron chi connectivity index (χ0n) is 11.8. The quantitative estimate of drug-likeness (QED) is 0.334. The van der Waals surface area contributed by atoms with Gasteiger partial charge in [-0.15, -0.1) is 0 Å². The maximum absolute atomic E-state index is 11.6. The van der Waals surface area contributed by atoms with Crippen LogP contribution >= 0.6 is 0 Å². The lowest BCUT2D eigenvalue weighted by Gasteiger charge is -2.17. The van der Waals surface area contributed by atoms with E-state index in [0.29, 0.717) is 6.54 Å². The lowest BCUT2D eigenvalue weighted by Crippen LogP contribution is -2.48. The van der Waals surface area contributed by atoms with Gasteiger partial charge in [-0.2, -0.15) is 0 Å². The van der Waals surface area contributed by atoms with Crippen molar-refractivity contribution < 1.29 is 29.4 Å². The molecule has 2 atom stereocenters. The summed E-state index contributed by atoms with van der Waals surface area (Å²) < 4.78 is 0. The number of hydrogen-bond donors (Lipinski definition) is 5. The van der Waals surface area contributed by atoms with E-state index in [0.717, 1.165) is 0 Å². The molecule has 0 saturated heterocycles. The Hall–Kier alpha value is -2.16. The van der Waals surface area contributed by atoms with Crippen molar-refractivity contribution in [3.63, 3.8) is 0 Å². The molecule has 9 heteroatoms. The lowest BCUT2D eigenvalue weighted by atomic mass is 10.1. The molecule has 0 saturated carbocycles. The summed E-state index contributed by atoms with van der Waals surface area (Å²) in [6, 6.07) is -2.34. The second kappa shape index (κ2) is 9.70. The normalized spacial score (nSPS) is 13.0. The summed E-state index contributed by atoms with van der Waals surface area (Å²) in [4.78, 5) is 44.3. The Labute approximate surface area is 121 Å². The molecule has 2 amide bonds. The topological polar surface area (TPSA) is 159 Å². The first kappa shape index (κ1) is 18.8. The zero-order valence-corrected chi connectivity index (χ0v) is 11.8. The van der Waals surface area contributed by atoms with Gasteiger partial charge in [0.2, 0.25) is 11.8 Å². The summed E-state index contributed by atoms with van der Waals surface area (Å²) in [6.07, 6.45) is -0.497. The number of carbonyl (C=O) groups excluding carboxylic acids is 2. The van der Waals surface area contributed by atoms with E-state index in [1.54, 1.807) is 6.92 Å². The van der Waals surface area contributed by atoms with Crippen LogP contribution in [-0.4, -0.2) is 52.6 Å². The summed E-state index contributed by atoms with van der Waals surface area (Å²) in [5.74, 6) is -3.44. The van der Waals surface area contributed by atoms with Crippen LogP contribution in [0.4, 0.5) is 0 Å². The first-order valence-electron chi connectivity index (χ1n) is 6.55. The van der Waals surface area contributed by atoms with Gasteiger partial charge in [0.25, 0.3) is 0 Å². The van der Waals surface area contributed by atoms with Gasteiger partial charge >= 0.3 is 11.9 Å². The number of aliphatic carboxylic acids is 2. The fourth-order valence-electron chi connectivity index (χ4n) is 1.51. The van der Waals surface area contributed by atoms with Crippen LogP contribution in [0, 0.1) is 0 Å². The van der Waals surface area contributed by atoms with Crippen LogP contribution in [-0.2, 0) is 19.2 Å². The van der Waals surface area contributed by atoms with Crippen molar-refractivity contribution in [2.24, 2.45) is 5.73 Å². The summed E-state index contributed by atoms with van der Waals surface area (Å²) in [6.45, 7) is 2.17. The fourth-order valence-corrected chi connectivity index (χ4v) is 1.51. The van der Waals surface area contributed by atoms with Gasteiger partial charge < -0.3 is 26.6 Å². The van der Waals surface area contributed by atoms with Crippen LogP contribution in [0.15, 0.2) is 0 Å². The number of rotatable bonds is 10. The molecule has 0 aromatic rings. The SMILES string of the molecule is CCNC(=O)CC[C@H](NC(=O)[C@@H](N)CCC(=O)O)C(=O)O. The summed E-state index contributed by atoms with van der Waals surface area (Å²) in [5, 5.41) is 22.2. The lowest BCUT2D eigenvalue weighted by molar-refractivity contribution is -0.142. The van der Waals surface area contributed by atoms with E-state index >= 15 is 0 Å². The van der Waals surface area contributed by atoms with E-state index in [1.807, 2.05) is 0 Å². The minimum absolute atomic E-state index is 0.0462. The number of carboxylic acids is 2. The first-order chi connectivity index (χ1) is 9.77. The van der Waals surface area contributed by atoms with E-state index in [9.17, 15) is 19.2 Å². The van der Waals surface area contributed by atoms with Crippen LogP contribution < -0.4 is 16.4 Å². The Morgan fingerprint density at radius 1 is 1.10 bits per heavy atom. The fraction of sp³-hybridized carbons (Fsp3) is 0.667. The molecule has 0 spiro atoms. The van der Waals surface area contributed by atoms with Gasteiger partial charge in [0, 0.05) is 19.4 Å². The number of amides is 2. The highest BCUT2D eigenvalue weighted by molar-refractivity contribution is 5.87. The second-order valence-corrected chi connectivity index (χ2v) is 4.43. The summed E-state index contributed by atoms with van der Waals surface area (Å²) in [7, 11) is 0. The van der Waals surface area contributed by atoms with Crippen molar-refractivity contribution in [3.05, 3.63) is 0 Å². The highest BCUT2D eigenvalue weighted by Gasteiger charge is 2.24. The highest BCUT2D eigenvalue weighted by atomic mass is 16.4. The molecule has 0 aromatic heterocycles. The maximum atomic E-state index is 11.6. The van der Waals surface area contributed by atoms with Crippen molar-refractivity contribution in [3.8, 4) is 0 Å². The molecule has 0 heterocycles. The molecular formula is C12H21N3O6. The molecule has 0 radical (unpaired) electrons. The Balaban J connectivity index is 4.36. The molecule has 9 nitrogen and oxygen atoms in total. The van der Waals surface area contributed by atoms with Gasteiger partial charge in [-0.25, -0.2) is 4.79 Å². The largest absolute Gasteiger partial charge is 0.481 e. The van der Waals surface area contributed by atoms with Gasteiger partial charge in [-0.1, -0.05) is 0 Å². The second-order valence-electron chi connectivity index (χ2n) is 4.43. The monoisotopic (exact) mass is 303 g/mol. The molecule has 120 valence electrons. The van der Waals surface area contributed by atoms with E-state index in [2.05, 4.69) is 10.6 Å². The molecule has 0 rings (SSSR count). The van der Waals surface area contributed by atoms with E-state index < -0.39 is 29.9 Å². The van der Waals surface area contributed by atoms with Crippen LogP contribution in [0.25, 0.3) is 0 Å². The van der Waals surface area contributed by atoms with Crippen LogP contribution in [0.1, 0.15) is 32.6 Å². The van der Waals surface area contributed by atoms with Gasteiger partial charge in [-0.3, -0.25) is 14.4 Å². The number of carboxylic acid groups (broad SMARTS) is 2. The van der Waals surface area contributed by atoms with Crippen molar-refractivity contribution in [2.75, 3.05) is 6.54 Å². The third kappa shape index (κ3) is 8.58. The first-order valence-corrected chi connectivity index (χ1v) is 6.55. The minimum atomic E-state index is -1.28. The Morgan fingerprint density at radius 3 is 2.19 bits per heavy atom. The molecule has 0 aromatic carbocycles. The molecule has 0 aliphatic rings. The number of nitrogens with one attached hydrogen (secondary N) is 2. The van der Waals surface area contributed by atoms with Crippen molar-refractivity contribution in [1.82, 2.24) is 10.6 Å². The standard InChI is InChI=1S/C12H21N3O6/c1-2-14-9(16)5-4-8(12(20)21)15-11(19)7(13)3-6-10(17)18/h7-8H,2-6,13H2,1H3,(H,14,16)(H,15,19)(H,17,18)(H,20,21)/t7-,8-/m0/s1. The van der Waals surface area contributed by atoms with Crippen LogP contribution in [0.5, 0.6) is 0 Å². The van der Waals surface area contributed by atoms with Crippen molar-refractivity contribution >= 4 is 23.8 Å². The molecule has 6 N–H and O–H groups in total. The summed E-state index contributed by atoms with van der Waals surface area (Å²) in [5.41, 5.74) is 5.47. The molecule has 0 aliphatic carbocycles. The predicted molar refractivity (Wildman–Crippen MR) is 72.3 cm³/mol. The number of nitrogens with two attached hydrogens (primary N) is 1. The predicted octanol–water partition coefficient (Wildman–Crippen LogP) is -1.34. The average molecular weight is 303 g/mol. The molecular weight excluding hydrogens is 282 g/mol. The Bertz CT molecular complexity index is 398. The van der Waals surface area contributed by atoms with Gasteiger partial charge in [0.15, 0.2) is 0 Å². The smallest absolute Gasteiger partial charge is 0.326 e. The molecule has 0 fully saturated rings. The van der Waals surface area contributed by atoms with Crippen LogP contribution in [0.2, 0.25) is 0 Å². The number of hydrogen-bond acceptors (Lipinski definition) is 5. The van der Waals surface area contributed by atoms with Gasteiger partial charge in [0.05, 0.1) is 6.04 Å². The minimum Gasteiger partial charge on any atom is -0.481 e. The van der Waals surface area contributed by atoms with E-state index in [4.69, 9.17) is 15.9 Å². The number of carbonyl (C=O) groups is 4. The maximum Gasteiger partial charge on any atom is 0.326 e. The zero-order chi connectivity index (χ0) is 16.4. The summed E-state index contributed by atoms with van der Waals surface area (Å²) >= 11 is 0. The third-order valence-electron chi connectivity index (χ3n) is 2.65. The Morgan fingerprint density at radius 2 is 1.71 bits per heavy atom. The van der Waals surface area contributed by atoms with E-state index in [1.165, 1.54) is 0 Å². The van der Waals surface area contributed by atoms with Gasteiger partial charge in [0.1, 0.15) is 6.04 Å². The molecule has 0 aliphatic heterocycles. The van der Waals surface area contributed by atoms with Crippen molar-refractivity contribution in [1.29, 1.82) is 0 Å². The van der Waals surface area contributed by atoms with Crippen LogP contribution in [0.3, 0.4) is 0 Å².